The Kier molecular flexibility index (Phi) is 4.41. The summed E-state index contributed by atoms with van der Waals surface area (Å²) in [5.41, 5.74) is 5.60. The molecule has 0 saturated carbocycles. The molecule has 0 saturated heterocycles. The fourth-order valence-electron chi connectivity index (χ4n) is 1.11. The van der Waals surface area contributed by atoms with Gasteiger partial charge < -0.3 is 11.1 Å². The molecule has 0 aliphatic heterocycles. The SMILES string of the molecule is CCNC(=O)CNS(=O)(=O)c1cnccc1N. The Hall–Kier alpha value is -1.67. The van der Waals surface area contributed by atoms with Gasteiger partial charge in [0, 0.05) is 18.9 Å². The molecular weight excluding hydrogens is 244 g/mol. The number of carbonyl (C=O) groups excluding carboxylic acids is 1. The molecule has 17 heavy (non-hydrogen) atoms. The molecule has 0 aromatic carbocycles. The second-order valence-electron chi connectivity index (χ2n) is 3.19. The van der Waals surface area contributed by atoms with Gasteiger partial charge in [0.1, 0.15) is 4.90 Å². The van der Waals surface area contributed by atoms with Crippen LogP contribution in [0.1, 0.15) is 6.92 Å². The summed E-state index contributed by atoms with van der Waals surface area (Å²) >= 11 is 0. The van der Waals surface area contributed by atoms with Crippen molar-refractivity contribution in [3.05, 3.63) is 18.5 Å². The standard InChI is InChI=1S/C9H14N4O3S/c1-2-12-9(14)6-13-17(15,16)8-5-11-4-3-7(8)10/h3-5,13H,2,6H2,1H3,(H2,10,11)(H,12,14). The summed E-state index contributed by atoms with van der Waals surface area (Å²) in [7, 11) is -3.80. The van der Waals surface area contributed by atoms with Crippen LogP contribution in [0.4, 0.5) is 5.69 Å². The van der Waals surface area contributed by atoms with Gasteiger partial charge >= 0.3 is 0 Å². The predicted octanol–water partition coefficient (Wildman–Crippen LogP) is -0.922. The lowest BCUT2D eigenvalue weighted by Gasteiger charge is -2.08. The van der Waals surface area contributed by atoms with E-state index < -0.39 is 15.9 Å². The van der Waals surface area contributed by atoms with Gasteiger partial charge in [0.05, 0.1) is 12.2 Å². The van der Waals surface area contributed by atoms with E-state index in [2.05, 4.69) is 15.0 Å². The Bertz CT molecular complexity index is 501. The molecule has 7 nitrogen and oxygen atoms in total. The summed E-state index contributed by atoms with van der Waals surface area (Å²) in [6.07, 6.45) is 2.52. The monoisotopic (exact) mass is 258 g/mol. The lowest BCUT2D eigenvalue weighted by Crippen LogP contribution is -2.37. The minimum absolute atomic E-state index is 0.0865. The van der Waals surface area contributed by atoms with Crippen molar-refractivity contribution in [3.8, 4) is 0 Å². The molecule has 0 aliphatic rings. The number of hydrogen-bond donors (Lipinski definition) is 3. The van der Waals surface area contributed by atoms with E-state index in [0.29, 0.717) is 6.54 Å². The van der Waals surface area contributed by atoms with Gasteiger partial charge in [-0.05, 0) is 13.0 Å². The molecule has 1 amide bonds. The van der Waals surface area contributed by atoms with E-state index in [0.717, 1.165) is 6.20 Å². The summed E-state index contributed by atoms with van der Waals surface area (Å²) in [4.78, 5) is 14.7. The zero-order valence-corrected chi connectivity index (χ0v) is 10.1. The first kappa shape index (κ1) is 13.4. The molecule has 4 N–H and O–H groups in total. The van der Waals surface area contributed by atoms with E-state index in [4.69, 9.17) is 5.73 Å². The van der Waals surface area contributed by atoms with Crippen LogP contribution in [-0.2, 0) is 14.8 Å². The number of carbonyl (C=O) groups is 1. The van der Waals surface area contributed by atoms with Crippen molar-refractivity contribution in [2.45, 2.75) is 11.8 Å². The number of aromatic nitrogens is 1. The van der Waals surface area contributed by atoms with Crippen LogP contribution in [0.3, 0.4) is 0 Å². The highest BCUT2D eigenvalue weighted by atomic mass is 32.2. The number of nitrogens with two attached hydrogens (primary N) is 1. The second kappa shape index (κ2) is 5.60. The zero-order chi connectivity index (χ0) is 12.9. The highest BCUT2D eigenvalue weighted by Gasteiger charge is 2.18. The molecule has 8 heteroatoms. The number of nitrogens with one attached hydrogen (secondary N) is 2. The van der Waals surface area contributed by atoms with Gasteiger partial charge in [0.15, 0.2) is 0 Å². The Balaban J connectivity index is 2.77. The minimum atomic E-state index is -3.80. The average Bonchev–Trinajstić information content (AvgIpc) is 2.27. The fourth-order valence-corrected chi connectivity index (χ4v) is 2.17. The first-order valence-electron chi connectivity index (χ1n) is 4.93. The van der Waals surface area contributed by atoms with Crippen LogP contribution in [0, 0.1) is 0 Å². The largest absolute Gasteiger partial charge is 0.398 e. The maximum Gasteiger partial charge on any atom is 0.244 e. The maximum atomic E-state index is 11.8. The van der Waals surface area contributed by atoms with Crippen LogP contribution in [0.15, 0.2) is 23.4 Å². The Morgan fingerprint density at radius 1 is 1.53 bits per heavy atom. The van der Waals surface area contributed by atoms with Gasteiger partial charge in [0.2, 0.25) is 15.9 Å². The average molecular weight is 258 g/mol. The summed E-state index contributed by atoms with van der Waals surface area (Å²) in [5, 5.41) is 2.47. The maximum absolute atomic E-state index is 11.8. The number of hydrogen-bond acceptors (Lipinski definition) is 5. The fraction of sp³-hybridized carbons (Fsp3) is 0.333. The summed E-state index contributed by atoms with van der Waals surface area (Å²) in [6, 6.07) is 1.38. The van der Waals surface area contributed by atoms with Gasteiger partial charge in [-0.15, -0.1) is 0 Å². The normalized spacial score (nSPS) is 11.1. The van der Waals surface area contributed by atoms with Crippen molar-refractivity contribution in [1.82, 2.24) is 15.0 Å². The molecule has 1 aromatic rings. The van der Waals surface area contributed by atoms with E-state index >= 15 is 0 Å². The first-order valence-corrected chi connectivity index (χ1v) is 6.41. The quantitative estimate of drug-likeness (QED) is 0.632. The van der Waals surface area contributed by atoms with Gasteiger partial charge in [-0.25, -0.2) is 13.1 Å². The molecule has 0 unspecified atom stereocenters. The Morgan fingerprint density at radius 2 is 2.24 bits per heavy atom. The number of anilines is 1. The highest BCUT2D eigenvalue weighted by molar-refractivity contribution is 7.89. The molecule has 1 aromatic heterocycles. The van der Waals surface area contributed by atoms with Crippen LogP contribution < -0.4 is 15.8 Å². The van der Waals surface area contributed by atoms with Gasteiger partial charge in [0.25, 0.3) is 0 Å². The van der Waals surface area contributed by atoms with Crippen molar-refractivity contribution in [2.75, 3.05) is 18.8 Å². The second-order valence-corrected chi connectivity index (χ2v) is 4.93. The molecule has 94 valence electrons. The van der Waals surface area contributed by atoms with E-state index in [-0.39, 0.29) is 17.1 Å². The topological polar surface area (TPSA) is 114 Å². The Morgan fingerprint density at radius 3 is 2.82 bits per heavy atom. The molecule has 0 aliphatic carbocycles. The van der Waals surface area contributed by atoms with E-state index in [9.17, 15) is 13.2 Å². The van der Waals surface area contributed by atoms with Crippen LogP contribution in [0.5, 0.6) is 0 Å². The molecule has 0 atom stereocenters. The van der Waals surface area contributed by atoms with Gasteiger partial charge in [-0.1, -0.05) is 0 Å². The van der Waals surface area contributed by atoms with E-state index in [1.807, 2.05) is 0 Å². The van der Waals surface area contributed by atoms with Crippen molar-refractivity contribution >= 4 is 21.6 Å². The third kappa shape index (κ3) is 3.68. The molecule has 0 radical (unpaired) electrons. The van der Waals surface area contributed by atoms with Crippen LogP contribution >= 0.6 is 0 Å². The van der Waals surface area contributed by atoms with Gasteiger partial charge in [-0.2, -0.15) is 0 Å². The number of pyridine rings is 1. The van der Waals surface area contributed by atoms with Crippen molar-refractivity contribution in [3.63, 3.8) is 0 Å². The number of amides is 1. The van der Waals surface area contributed by atoms with E-state index in [1.54, 1.807) is 6.92 Å². The molecular formula is C9H14N4O3S. The van der Waals surface area contributed by atoms with Crippen molar-refractivity contribution < 1.29 is 13.2 Å². The van der Waals surface area contributed by atoms with Crippen molar-refractivity contribution in [2.24, 2.45) is 0 Å². The molecule has 0 fully saturated rings. The highest BCUT2D eigenvalue weighted by Crippen LogP contribution is 2.14. The predicted molar refractivity (Wildman–Crippen MR) is 62.5 cm³/mol. The minimum Gasteiger partial charge on any atom is -0.398 e. The summed E-state index contributed by atoms with van der Waals surface area (Å²) in [5.74, 6) is -0.404. The number of nitrogens with zero attached hydrogens (tertiary/aromatic N) is 1. The third-order valence-electron chi connectivity index (χ3n) is 1.90. The molecule has 0 bridgehead atoms. The molecule has 0 spiro atoms. The van der Waals surface area contributed by atoms with Crippen LogP contribution in [0.2, 0.25) is 0 Å². The third-order valence-corrected chi connectivity index (χ3v) is 3.35. The number of sulfonamides is 1. The zero-order valence-electron chi connectivity index (χ0n) is 9.30. The number of nitrogen functional groups attached to an aromatic ring is 1. The summed E-state index contributed by atoms with van der Waals surface area (Å²) < 4.78 is 25.6. The molecule has 1 rings (SSSR count). The lowest BCUT2D eigenvalue weighted by molar-refractivity contribution is -0.119. The smallest absolute Gasteiger partial charge is 0.244 e. The van der Waals surface area contributed by atoms with Crippen LogP contribution in [-0.4, -0.2) is 32.4 Å². The van der Waals surface area contributed by atoms with Crippen LogP contribution in [0.25, 0.3) is 0 Å². The van der Waals surface area contributed by atoms with E-state index in [1.165, 1.54) is 12.3 Å². The number of rotatable bonds is 5. The number of likely N-dealkylation sites (N-methyl/N-ethyl adjacent to an activating group) is 1. The van der Waals surface area contributed by atoms with Crippen molar-refractivity contribution in [1.29, 1.82) is 0 Å². The Labute approximate surface area is 99.5 Å². The first-order chi connectivity index (χ1) is 7.97. The lowest BCUT2D eigenvalue weighted by atomic mass is 10.4. The molecule has 1 heterocycles. The van der Waals surface area contributed by atoms with Gasteiger partial charge in [-0.3, -0.25) is 9.78 Å². The summed E-state index contributed by atoms with van der Waals surface area (Å²) in [6.45, 7) is 1.85.